The van der Waals surface area contributed by atoms with Gasteiger partial charge in [0.1, 0.15) is 11.3 Å². The molecule has 8 bridgehead atoms. The Labute approximate surface area is 263 Å². The van der Waals surface area contributed by atoms with Crippen molar-refractivity contribution in [3.8, 4) is 0 Å². The van der Waals surface area contributed by atoms with Gasteiger partial charge in [0, 0.05) is 29.1 Å². The number of carbonyl (C=O) groups is 2. The molecule has 0 atom stereocenters. The van der Waals surface area contributed by atoms with E-state index in [-0.39, 0.29) is 46.8 Å². The van der Waals surface area contributed by atoms with E-state index in [1.165, 1.54) is 0 Å². The van der Waals surface area contributed by atoms with Crippen molar-refractivity contribution in [2.45, 2.75) is 53.9 Å². The fraction of sp³-hybridized carbons (Fsp3) is 0.235. The van der Waals surface area contributed by atoms with Crippen molar-refractivity contribution in [2.75, 3.05) is 0 Å². The first-order valence-corrected chi connectivity index (χ1v) is 14.1. The zero-order valence-corrected chi connectivity index (χ0v) is 25.8. The molecule has 0 unspecified atom stereocenters. The van der Waals surface area contributed by atoms with Gasteiger partial charge in [-0.15, -0.1) is 44.2 Å². The second kappa shape index (κ2) is 11.1. The third-order valence-corrected chi connectivity index (χ3v) is 8.65. The molecule has 0 amide bonds. The van der Waals surface area contributed by atoms with Crippen molar-refractivity contribution in [1.29, 1.82) is 0 Å². The standard InChI is InChI=1S/C34H30N4O5.Cu/c1-7-18-14(3)21-11-23-16(5)20(9-10-27(39)40)31(37-23)29-30(34(42)43)33(41)28-17(6)24(38-32(28)29)13-26-19(8-2)15(4)22(36-26)12-25(18)35-21;/h7,11-13,41H,1,8-10H2,2-6H3,(H,39,40)(H,42,43);/q-4;. The summed E-state index contributed by atoms with van der Waals surface area (Å²) in [6.45, 7) is 13.7. The SMILES string of the molecule is C=Cc1c(C)c2[n-]c1=Cc1[n-]c(c(CC)c1C)C=c1[n-]c3c(c1C)C(O)=C(C(=O)O)C=3c1[n-]c(c(C)c1CCC(=O)O)C=2.[Cu]. The fourth-order valence-electron chi connectivity index (χ4n) is 6.30. The molecule has 44 heavy (non-hydrogen) atoms. The molecule has 0 saturated heterocycles. The average molecular weight is 638 g/mol. The summed E-state index contributed by atoms with van der Waals surface area (Å²) in [6.07, 6.45) is 8.09. The molecule has 10 heteroatoms. The fourth-order valence-corrected chi connectivity index (χ4v) is 6.30. The molecular formula is C34H30CuN4O5-4. The van der Waals surface area contributed by atoms with E-state index >= 15 is 0 Å². The molecule has 0 saturated carbocycles. The predicted molar refractivity (Wildman–Crippen MR) is 162 cm³/mol. The van der Waals surface area contributed by atoms with Gasteiger partial charge in [0.2, 0.25) is 0 Å². The summed E-state index contributed by atoms with van der Waals surface area (Å²) in [5.74, 6) is -2.70. The number of rotatable bonds is 6. The summed E-state index contributed by atoms with van der Waals surface area (Å²) in [5.41, 5.74) is 8.30. The van der Waals surface area contributed by atoms with Crippen LogP contribution < -0.4 is 41.3 Å². The summed E-state index contributed by atoms with van der Waals surface area (Å²) in [6, 6.07) is 0. The molecule has 1 aliphatic carbocycles. The van der Waals surface area contributed by atoms with Crippen LogP contribution in [0.4, 0.5) is 0 Å². The molecule has 3 N–H and O–H groups in total. The number of aliphatic hydroxyl groups is 1. The first-order valence-electron chi connectivity index (χ1n) is 14.1. The molecule has 9 nitrogen and oxygen atoms in total. The van der Waals surface area contributed by atoms with Crippen LogP contribution in [0.2, 0.25) is 0 Å². The number of aliphatic hydroxyl groups excluding tert-OH is 1. The van der Waals surface area contributed by atoms with E-state index in [4.69, 9.17) is 19.9 Å². The monoisotopic (exact) mass is 637 g/mol. The van der Waals surface area contributed by atoms with Crippen LogP contribution in [-0.2, 0) is 39.5 Å². The van der Waals surface area contributed by atoms with Gasteiger partial charge < -0.3 is 35.3 Å². The molecule has 4 aromatic heterocycles. The van der Waals surface area contributed by atoms with Crippen LogP contribution in [0.25, 0.3) is 35.6 Å². The topological polar surface area (TPSA) is 151 Å². The number of carboxylic acids is 2. The number of nitrogens with zero attached hydrogens (tertiary/aromatic N) is 4. The molecule has 1 radical (unpaired) electrons. The molecular weight excluding hydrogens is 608 g/mol. The molecule has 1 aliphatic heterocycles. The minimum atomic E-state index is -1.32. The number of hydrogen-bond donors (Lipinski definition) is 3. The van der Waals surface area contributed by atoms with E-state index in [0.29, 0.717) is 49.7 Å². The van der Waals surface area contributed by atoms with Gasteiger partial charge >= 0.3 is 11.9 Å². The predicted octanol–water partition coefficient (Wildman–Crippen LogP) is 1.34. The van der Waals surface area contributed by atoms with Crippen molar-refractivity contribution in [1.82, 2.24) is 19.9 Å². The summed E-state index contributed by atoms with van der Waals surface area (Å²) >= 11 is 0. The quantitative estimate of drug-likeness (QED) is 0.266. The van der Waals surface area contributed by atoms with Gasteiger partial charge in [0.05, 0.1) is 0 Å². The normalized spacial score (nSPS) is 13.2. The van der Waals surface area contributed by atoms with Gasteiger partial charge in [0.15, 0.2) is 0 Å². The van der Waals surface area contributed by atoms with Crippen molar-refractivity contribution in [3.05, 3.63) is 101 Å². The Morgan fingerprint density at radius 1 is 0.818 bits per heavy atom. The Morgan fingerprint density at radius 3 is 2.07 bits per heavy atom. The zero-order valence-electron chi connectivity index (χ0n) is 24.9. The minimum Gasteiger partial charge on any atom is -0.657 e. The van der Waals surface area contributed by atoms with Crippen LogP contribution in [0.1, 0.15) is 80.6 Å². The summed E-state index contributed by atoms with van der Waals surface area (Å²) in [5, 5.41) is 33.3. The molecule has 231 valence electrons. The van der Waals surface area contributed by atoms with Crippen molar-refractivity contribution in [3.63, 3.8) is 0 Å². The van der Waals surface area contributed by atoms with Crippen LogP contribution in [0.5, 0.6) is 0 Å². The molecule has 6 rings (SSSR count). The number of carboxylic acid groups (broad SMARTS) is 2. The van der Waals surface area contributed by atoms with Crippen LogP contribution in [0.3, 0.4) is 0 Å². The summed E-state index contributed by atoms with van der Waals surface area (Å²) in [7, 11) is 0. The molecule has 0 aromatic carbocycles. The van der Waals surface area contributed by atoms with E-state index < -0.39 is 11.9 Å². The Hall–Kier alpha value is -4.66. The minimum absolute atomic E-state index is 0. The summed E-state index contributed by atoms with van der Waals surface area (Å²) in [4.78, 5) is 43.8. The van der Waals surface area contributed by atoms with Gasteiger partial charge in [-0.2, -0.15) is 0 Å². The molecule has 2 aliphatic rings. The van der Waals surface area contributed by atoms with E-state index in [1.54, 1.807) is 13.0 Å². The Bertz CT molecular complexity index is 2200. The smallest absolute Gasteiger partial charge is 0.340 e. The van der Waals surface area contributed by atoms with Gasteiger partial charge in [-0.25, -0.2) is 4.79 Å². The van der Waals surface area contributed by atoms with E-state index in [9.17, 15) is 24.9 Å². The van der Waals surface area contributed by atoms with Crippen LogP contribution >= 0.6 is 0 Å². The van der Waals surface area contributed by atoms with Crippen molar-refractivity contribution >= 4 is 47.6 Å². The van der Waals surface area contributed by atoms with E-state index in [2.05, 4.69) is 13.5 Å². The Kier molecular flexibility index (Phi) is 7.78. The van der Waals surface area contributed by atoms with E-state index in [0.717, 1.165) is 45.4 Å². The summed E-state index contributed by atoms with van der Waals surface area (Å²) < 4.78 is 0. The average Bonchev–Trinajstić information content (AvgIpc) is 3.68. The van der Waals surface area contributed by atoms with Crippen molar-refractivity contribution in [2.24, 2.45) is 0 Å². The zero-order chi connectivity index (χ0) is 30.9. The maximum absolute atomic E-state index is 12.6. The van der Waals surface area contributed by atoms with Crippen LogP contribution in [0, 0.1) is 27.7 Å². The molecule has 0 fully saturated rings. The third-order valence-electron chi connectivity index (χ3n) is 8.65. The van der Waals surface area contributed by atoms with Crippen LogP contribution in [0.15, 0.2) is 12.2 Å². The van der Waals surface area contributed by atoms with Gasteiger partial charge in [-0.1, -0.05) is 71.2 Å². The van der Waals surface area contributed by atoms with Crippen molar-refractivity contribution < 1.29 is 42.0 Å². The second-order valence-electron chi connectivity index (χ2n) is 11.0. The first kappa shape index (κ1) is 30.8. The van der Waals surface area contributed by atoms with Gasteiger partial charge in [-0.05, 0) is 51.7 Å². The Balaban J connectivity index is 0.00000384. The van der Waals surface area contributed by atoms with Crippen LogP contribution in [-0.4, -0.2) is 27.3 Å². The van der Waals surface area contributed by atoms with Gasteiger partial charge in [0.25, 0.3) is 0 Å². The number of aromatic nitrogens is 4. The molecule has 4 aromatic rings. The largest absolute Gasteiger partial charge is 0.657 e. The number of fused-ring (bicyclic) bond motifs is 8. The molecule has 0 spiro atoms. The molecule has 5 heterocycles. The van der Waals surface area contributed by atoms with E-state index in [1.807, 2.05) is 39.0 Å². The second-order valence-corrected chi connectivity index (χ2v) is 11.0. The maximum Gasteiger partial charge on any atom is 0.340 e. The van der Waals surface area contributed by atoms with Gasteiger partial charge in [-0.3, -0.25) is 4.79 Å². The third kappa shape index (κ3) is 4.53. The first-order chi connectivity index (χ1) is 20.5. The Morgan fingerprint density at radius 2 is 1.43 bits per heavy atom. The number of hydrogen-bond acceptors (Lipinski definition) is 3. The number of aliphatic carboxylic acids is 2. The maximum atomic E-state index is 12.6.